The van der Waals surface area contributed by atoms with Crippen LogP contribution in [0.4, 0.5) is 5.69 Å². The maximum absolute atomic E-state index is 11.6. The molecule has 1 amide bonds. The lowest BCUT2D eigenvalue weighted by atomic mass is 10.3. The second kappa shape index (κ2) is 9.65. The van der Waals surface area contributed by atoms with E-state index in [1.165, 1.54) is 10.6 Å². The Bertz CT molecular complexity index is 473. The van der Waals surface area contributed by atoms with Gasteiger partial charge >= 0.3 is 0 Å². The van der Waals surface area contributed by atoms with Crippen molar-refractivity contribution in [1.82, 2.24) is 15.5 Å². The van der Waals surface area contributed by atoms with Crippen LogP contribution in [0, 0.1) is 0 Å². The molecule has 0 spiro atoms. The molecule has 0 aliphatic heterocycles. The van der Waals surface area contributed by atoms with E-state index in [1.807, 2.05) is 25.1 Å². The lowest BCUT2D eigenvalue weighted by molar-refractivity contribution is -0.127. The molecule has 0 aliphatic carbocycles. The Morgan fingerprint density at radius 2 is 1.82 bits per heavy atom. The molecule has 6 heteroatoms. The normalized spacial score (nSPS) is 11.0. The number of guanidine groups is 1. The van der Waals surface area contributed by atoms with Gasteiger partial charge in [0, 0.05) is 46.5 Å². The lowest BCUT2D eigenvalue weighted by Gasteiger charge is -2.20. The topological polar surface area (TPSA) is 60.0 Å². The molecule has 0 atom stereocenters. The van der Waals surface area contributed by atoms with Crippen LogP contribution >= 0.6 is 0 Å². The number of likely N-dealkylation sites (N-methyl/N-ethyl adjacent to an activating group) is 2. The molecule has 1 aromatic carbocycles. The molecule has 0 aromatic heterocycles. The van der Waals surface area contributed by atoms with Crippen LogP contribution < -0.4 is 15.5 Å². The Morgan fingerprint density at radius 1 is 1.14 bits per heavy atom. The van der Waals surface area contributed by atoms with E-state index in [0.717, 1.165) is 19.6 Å². The zero-order valence-electron chi connectivity index (χ0n) is 14.0. The summed E-state index contributed by atoms with van der Waals surface area (Å²) in [7, 11) is 5.51. The van der Waals surface area contributed by atoms with Crippen LogP contribution in [0.5, 0.6) is 0 Å². The van der Waals surface area contributed by atoms with Crippen molar-refractivity contribution in [3.05, 3.63) is 30.3 Å². The summed E-state index contributed by atoms with van der Waals surface area (Å²) in [6.07, 6.45) is 0. The van der Waals surface area contributed by atoms with Crippen molar-refractivity contribution >= 4 is 17.6 Å². The molecule has 0 fully saturated rings. The molecule has 0 saturated heterocycles. The standard InChI is InChI=1S/C16H27N5O/c1-5-17-16(19-13-15(22)20(2)3)18-11-12-21(4)14-9-7-6-8-10-14/h6-10H,5,11-13H2,1-4H3,(H2,17,18,19). The first-order valence-electron chi connectivity index (χ1n) is 7.53. The number of nitrogens with one attached hydrogen (secondary N) is 2. The van der Waals surface area contributed by atoms with Crippen LogP contribution in [0.25, 0.3) is 0 Å². The number of anilines is 1. The van der Waals surface area contributed by atoms with Crippen molar-refractivity contribution in [1.29, 1.82) is 0 Å². The third-order valence-electron chi connectivity index (χ3n) is 3.15. The highest BCUT2D eigenvalue weighted by molar-refractivity contribution is 5.84. The van der Waals surface area contributed by atoms with Gasteiger partial charge in [0.2, 0.25) is 5.91 Å². The van der Waals surface area contributed by atoms with Crippen LogP contribution in [-0.2, 0) is 4.79 Å². The smallest absolute Gasteiger partial charge is 0.243 e. The fourth-order valence-electron chi connectivity index (χ4n) is 1.78. The van der Waals surface area contributed by atoms with E-state index in [-0.39, 0.29) is 12.5 Å². The fourth-order valence-corrected chi connectivity index (χ4v) is 1.78. The minimum absolute atomic E-state index is 0.0152. The zero-order chi connectivity index (χ0) is 16.4. The van der Waals surface area contributed by atoms with E-state index in [1.54, 1.807) is 14.1 Å². The third-order valence-corrected chi connectivity index (χ3v) is 3.15. The van der Waals surface area contributed by atoms with Crippen LogP contribution in [0.1, 0.15) is 6.92 Å². The quantitative estimate of drug-likeness (QED) is 0.577. The largest absolute Gasteiger partial charge is 0.373 e. The molecule has 6 nitrogen and oxygen atoms in total. The predicted molar refractivity (Wildman–Crippen MR) is 92.4 cm³/mol. The fraction of sp³-hybridized carbons (Fsp3) is 0.500. The SMILES string of the molecule is CCNC(=NCC(=O)N(C)C)NCCN(C)c1ccccc1. The number of para-hydroxylation sites is 1. The van der Waals surface area contributed by atoms with Gasteiger partial charge in [-0.1, -0.05) is 18.2 Å². The van der Waals surface area contributed by atoms with Gasteiger partial charge in [-0.3, -0.25) is 4.79 Å². The van der Waals surface area contributed by atoms with E-state index in [0.29, 0.717) is 5.96 Å². The van der Waals surface area contributed by atoms with Crippen LogP contribution in [-0.4, -0.2) is 64.1 Å². The maximum atomic E-state index is 11.6. The van der Waals surface area contributed by atoms with Gasteiger partial charge in [0.1, 0.15) is 6.54 Å². The first-order chi connectivity index (χ1) is 10.5. The number of nitrogens with zero attached hydrogens (tertiary/aromatic N) is 3. The lowest BCUT2D eigenvalue weighted by Crippen LogP contribution is -2.41. The highest BCUT2D eigenvalue weighted by Crippen LogP contribution is 2.09. The zero-order valence-corrected chi connectivity index (χ0v) is 14.0. The second-order valence-electron chi connectivity index (χ2n) is 5.17. The summed E-state index contributed by atoms with van der Waals surface area (Å²) in [5, 5.41) is 6.38. The molecule has 0 saturated carbocycles. The van der Waals surface area contributed by atoms with Gasteiger partial charge < -0.3 is 20.4 Å². The molecular weight excluding hydrogens is 278 g/mol. The monoisotopic (exact) mass is 305 g/mol. The number of hydrogen-bond acceptors (Lipinski definition) is 3. The Labute approximate surface area is 133 Å². The van der Waals surface area contributed by atoms with Crippen LogP contribution in [0.15, 0.2) is 35.3 Å². The number of carbonyl (C=O) groups is 1. The molecule has 0 aliphatic rings. The molecule has 0 bridgehead atoms. The van der Waals surface area contributed by atoms with Crippen molar-refractivity contribution in [2.75, 3.05) is 52.2 Å². The molecule has 2 N–H and O–H groups in total. The van der Waals surface area contributed by atoms with E-state index < -0.39 is 0 Å². The highest BCUT2D eigenvalue weighted by Gasteiger charge is 2.04. The number of amides is 1. The molecule has 1 rings (SSSR count). The second-order valence-corrected chi connectivity index (χ2v) is 5.17. The minimum atomic E-state index is -0.0152. The van der Waals surface area contributed by atoms with Gasteiger partial charge in [0.05, 0.1) is 0 Å². The molecule has 122 valence electrons. The summed E-state index contributed by atoms with van der Waals surface area (Å²) >= 11 is 0. The van der Waals surface area contributed by atoms with Crippen molar-refractivity contribution < 1.29 is 4.79 Å². The number of carbonyl (C=O) groups excluding carboxylic acids is 1. The first-order valence-corrected chi connectivity index (χ1v) is 7.53. The summed E-state index contributed by atoms with van der Waals surface area (Å²) in [5.74, 6) is 0.651. The van der Waals surface area contributed by atoms with Crippen molar-refractivity contribution in [3.8, 4) is 0 Å². The average molecular weight is 305 g/mol. The van der Waals surface area contributed by atoms with E-state index in [4.69, 9.17) is 0 Å². The molecule has 0 heterocycles. The Balaban J connectivity index is 2.44. The Morgan fingerprint density at radius 3 is 2.41 bits per heavy atom. The van der Waals surface area contributed by atoms with Gasteiger partial charge in [0.15, 0.2) is 5.96 Å². The van der Waals surface area contributed by atoms with Crippen molar-refractivity contribution in [3.63, 3.8) is 0 Å². The van der Waals surface area contributed by atoms with Gasteiger partial charge in [-0.25, -0.2) is 4.99 Å². The Kier molecular flexibility index (Phi) is 7.81. The first kappa shape index (κ1) is 17.8. The molecule has 0 radical (unpaired) electrons. The van der Waals surface area contributed by atoms with E-state index >= 15 is 0 Å². The number of rotatable bonds is 7. The molecule has 0 unspecified atom stereocenters. The molecule has 1 aromatic rings. The minimum Gasteiger partial charge on any atom is -0.373 e. The summed E-state index contributed by atoms with van der Waals surface area (Å²) in [5.41, 5.74) is 1.18. The highest BCUT2D eigenvalue weighted by atomic mass is 16.2. The van der Waals surface area contributed by atoms with Gasteiger partial charge in [0.25, 0.3) is 0 Å². The predicted octanol–water partition coefficient (Wildman–Crippen LogP) is 0.766. The summed E-state index contributed by atoms with van der Waals surface area (Å²) < 4.78 is 0. The van der Waals surface area contributed by atoms with Crippen LogP contribution in [0.2, 0.25) is 0 Å². The van der Waals surface area contributed by atoms with Gasteiger partial charge in [-0.05, 0) is 19.1 Å². The summed E-state index contributed by atoms with van der Waals surface area (Å²) in [4.78, 5) is 19.6. The van der Waals surface area contributed by atoms with E-state index in [9.17, 15) is 4.79 Å². The maximum Gasteiger partial charge on any atom is 0.243 e. The molecular formula is C16H27N5O. The summed E-state index contributed by atoms with van der Waals surface area (Å²) in [6.45, 7) is 4.50. The number of hydrogen-bond donors (Lipinski definition) is 2. The third kappa shape index (κ3) is 6.47. The number of benzene rings is 1. The van der Waals surface area contributed by atoms with Gasteiger partial charge in [-0.15, -0.1) is 0 Å². The number of aliphatic imine (C=N–C) groups is 1. The van der Waals surface area contributed by atoms with Crippen LogP contribution in [0.3, 0.4) is 0 Å². The average Bonchev–Trinajstić information content (AvgIpc) is 2.52. The van der Waals surface area contributed by atoms with Gasteiger partial charge in [-0.2, -0.15) is 0 Å². The van der Waals surface area contributed by atoms with Crippen molar-refractivity contribution in [2.24, 2.45) is 4.99 Å². The Hall–Kier alpha value is -2.24. The summed E-state index contributed by atoms with van der Waals surface area (Å²) in [6, 6.07) is 10.2. The van der Waals surface area contributed by atoms with Crippen molar-refractivity contribution in [2.45, 2.75) is 6.92 Å². The molecule has 22 heavy (non-hydrogen) atoms. The van der Waals surface area contributed by atoms with E-state index in [2.05, 4.69) is 39.7 Å².